The summed E-state index contributed by atoms with van der Waals surface area (Å²) >= 11 is 0. The van der Waals surface area contributed by atoms with Gasteiger partial charge in [0.1, 0.15) is 5.52 Å². The van der Waals surface area contributed by atoms with Crippen molar-refractivity contribution in [2.24, 2.45) is 0 Å². The average Bonchev–Trinajstić information content (AvgIpc) is 3.33. The zero-order valence-corrected chi connectivity index (χ0v) is 20.3. The summed E-state index contributed by atoms with van der Waals surface area (Å²) in [6.45, 7) is 8.08. The zero-order valence-electron chi connectivity index (χ0n) is 20.3. The second-order valence-corrected chi connectivity index (χ2v) is 9.20. The molecular formula is C26H30N8O. The lowest BCUT2D eigenvalue weighted by Gasteiger charge is -2.32. The van der Waals surface area contributed by atoms with Gasteiger partial charge in [-0.25, -0.2) is 15.0 Å². The molecule has 1 saturated heterocycles. The van der Waals surface area contributed by atoms with Crippen LogP contribution in [-0.4, -0.2) is 73.4 Å². The number of anilines is 1. The molecule has 0 atom stereocenters. The number of amides is 1. The fourth-order valence-electron chi connectivity index (χ4n) is 4.19. The van der Waals surface area contributed by atoms with Crippen molar-refractivity contribution < 1.29 is 4.79 Å². The van der Waals surface area contributed by atoms with Crippen LogP contribution in [0.5, 0.6) is 0 Å². The average molecular weight is 471 g/mol. The number of nitrogens with zero attached hydrogens (tertiary/aromatic N) is 7. The second kappa shape index (κ2) is 9.79. The van der Waals surface area contributed by atoms with Crippen molar-refractivity contribution in [3.8, 4) is 11.4 Å². The summed E-state index contributed by atoms with van der Waals surface area (Å²) < 4.78 is 2.04. The van der Waals surface area contributed by atoms with Gasteiger partial charge in [0.25, 0.3) is 5.91 Å². The van der Waals surface area contributed by atoms with Gasteiger partial charge in [0.2, 0.25) is 0 Å². The van der Waals surface area contributed by atoms with Gasteiger partial charge in [-0.3, -0.25) is 9.78 Å². The molecule has 3 aromatic heterocycles. The molecule has 5 rings (SSSR count). The first-order valence-corrected chi connectivity index (χ1v) is 11.9. The predicted octanol–water partition coefficient (Wildman–Crippen LogP) is 3.47. The number of carbonyl (C=O) groups excluding carboxylic acids is 1. The number of carbonyl (C=O) groups is 1. The van der Waals surface area contributed by atoms with Gasteiger partial charge in [0.05, 0.1) is 6.33 Å². The Kier molecular flexibility index (Phi) is 6.41. The molecule has 0 spiro atoms. The van der Waals surface area contributed by atoms with Crippen LogP contribution >= 0.6 is 0 Å². The largest absolute Gasteiger partial charge is 0.364 e. The molecule has 1 N–H and O–H groups in total. The van der Waals surface area contributed by atoms with Gasteiger partial charge in [-0.05, 0) is 44.7 Å². The van der Waals surface area contributed by atoms with Gasteiger partial charge in [-0.2, -0.15) is 0 Å². The minimum Gasteiger partial charge on any atom is -0.364 e. The number of aromatic nitrogens is 5. The van der Waals surface area contributed by atoms with Gasteiger partial charge in [-0.1, -0.05) is 18.2 Å². The second-order valence-electron chi connectivity index (χ2n) is 9.20. The molecule has 0 saturated carbocycles. The molecule has 1 amide bonds. The summed E-state index contributed by atoms with van der Waals surface area (Å²) in [5, 5.41) is 3.41. The predicted molar refractivity (Wildman–Crippen MR) is 136 cm³/mol. The van der Waals surface area contributed by atoms with E-state index in [1.165, 1.54) is 0 Å². The zero-order chi connectivity index (χ0) is 24.4. The van der Waals surface area contributed by atoms with Crippen molar-refractivity contribution in [2.45, 2.75) is 26.4 Å². The summed E-state index contributed by atoms with van der Waals surface area (Å²) in [6, 6.07) is 11.7. The third-order valence-corrected chi connectivity index (χ3v) is 6.34. The number of rotatable bonds is 6. The van der Waals surface area contributed by atoms with Crippen LogP contribution in [0.15, 0.2) is 55.1 Å². The van der Waals surface area contributed by atoms with Gasteiger partial charge in [0, 0.05) is 62.3 Å². The molecule has 9 nitrogen and oxygen atoms in total. The molecule has 0 aliphatic carbocycles. The van der Waals surface area contributed by atoms with E-state index in [0.717, 1.165) is 48.5 Å². The Hall–Kier alpha value is -3.85. The summed E-state index contributed by atoms with van der Waals surface area (Å²) in [7, 11) is 2.08. The fourth-order valence-corrected chi connectivity index (χ4v) is 4.19. The normalized spacial score (nSPS) is 14.6. The molecule has 0 radical (unpaired) electrons. The Morgan fingerprint density at radius 2 is 1.83 bits per heavy atom. The van der Waals surface area contributed by atoms with Gasteiger partial charge in [0.15, 0.2) is 17.3 Å². The molecule has 0 unspecified atom stereocenters. The maximum atomic E-state index is 12.9. The van der Waals surface area contributed by atoms with Crippen molar-refractivity contribution in [3.05, 3.63) is 66.2 Å². The number of pyridine rings is 1. The van der Waals surface area contributed by atoms with Crippen molar-refractivity contribution in [2.75, 3.05) is 38.5 Å². The highest BCUT2D eigenvalue weighted by molar-refractivity contribution is 5.95. The molecule has 1 aliphatic heterocycles. The van der Waals surface area contributed by atoms with E-state index < -0.39 is 0 Å². The van der Waals surface area contributed by atoms with Crippen LogP contribution in [0.2, 0.25) is 0 Å². The summed E-state index contributed by atoms with van der Waals surface area (Å²) in [6.07, 6.45) is 5.39. The number of piperazine rings is 1. The maximum Gasteiger partial charge on any atom is 0.253 e. The van der Waals surface area contributed by atoms with E-state index in [9.17, 15) is 4.79 Å². The lowest BCUT2D eigenvalue weighted by molar-refractivity contribution is 0.0664. The molecule has 180 valence electrons. The summed E-state index contributed by atoms with van der Waals surface area (Å²) in [4.78, 5) is 35.5. The van der Waals surface area contributed by atoms with Crippen LogP contribution in [0.3, 0.4) is 0 Å². The van der Waals surface area contributed by atoms with Crippen molar-refractivity contribution in [3.63, 3.8) is 0 Å². The molecule has 1 aliphatic rings. The van der Waals surface area contributed by atoms with Crippen molar-refractivity contribution in [1.29, 1.82) is 0 Å². The molecular weight excluding hydrogens is 440 g/mol. The first-order chi connectivity index (χ1) is 17.0. The molecule has 0 bridgehead atoms. The third kappa shape index (κ3) is 4.85. The molecule has 4 heterocycles. The molecule has 9 heteroatoms. The Bertz CT molecular complexity index is 1310. The smallest absolute Gasteiger partial charge is 0.253 e. The fraction of sp³-hybridized carbons (Fsp3) is 0.346. The van der Waals surface area contributed by atoms with Crippen molar-refractivity contribution >= 4 is 22.9 Å². The van der Waals surface area contributed by atoms with Crippen LogP contribution in [0.1, 0.15) is 35.8 Å². The van der Waals surface area contributed by atoms with E-state index in [2.05, 4.69) is 41.1 Å². The van der Waals surface area contributed by atoms with E-state index in [1.807, 2.05) is 52.1 Å². The van der Waals surface area contributed by atoms with E-state index in [-0.39, 0.29) is 11.9 Å². The quantitative estimate of drug-likeness (QED) is 0.461. The Morgan fingerprint density at radius 3 is 2.51 bits per heavy atom. The third-order valence-electron chi connectivity index (χ3n) is 6.34. The molecule has 35 heavy (non-hydrogen) atoms. The number of nitrogens with one attached hydrogen (secondary N) is 1. The molecule has 4 aromatic rings. The number of likely N-dealkylation sites (N-methyl/N-ethyl adjacent to an activating group) is 1. The molecule has 1 aromatic carbocycles. The maximum absolute atomic E-state index is 12.9. The van der Waals surface area contributed by atoms with E-state index in [0.29, 0.717) is 23.8 Å². The van der Waals surface area contributed by atoms with E-state index in [4.69, 9.17) is 9.97 Å². The topological polar surface area (TPSA) is 92.1 Å². The highest BCUT2D eigenvalue weighted by Gasteiger charge is 2.21. The minimum atomic E-state index is 0.0673. The van der Waals surface area contributed by atoms with Crippen LogP contribution in [-0.2, 0) is 6.54 Å². The monoisotopic (exact) mass is 470 g/mol. The van der Waals surface area contributed by atoms with Gasteiger partial charge < -0.3 is 19.7 Å². The van der Waals surface area contributed by atoms with E-state index in [1.54, 1.807) is 12.5 Å². The first-order valence-electron chi connectivity index (χ1n) is 11.9. The first kappa shape index (κ1) is 22.9. The standard InChI is InChI=1S/C26H30N8O/c1-18(2)34-17-29-22-24(28-16-19-5-4-10-27-15-19)30-23(31-25(22)34)20-6-8-21(9-7-20)26(35)33-13-11-32(3)12-14-33/h4-10,15,17-18H,11-14,16H2,1-3H3,(H,28,30,31). The highest BCUT2D eigenvalue weighted by atomic mass is 16.2. The Balaban J connectivity index is 1.45. The summed E-state index contributed by atoms with van der Waals surface area (Å²) in [5.41, 5.74) is 4.09. The molecule has 1 fully saturated rings. The number of hydrogen-bond donors (Lipinski definition) is 1. The summed E-state index contributed by atoms with van der Waals surface area (Å²) in [5.74, 6) is 1.33. The van der Waals surface area contributed by atoms with Crippen molar-refractivity contribution in [1.82, 2.24) is 34.3 Å². The van der Waals surface area contributed by atoms with Gasteiger partial charge in [-0.15, -0.1) is 0 Å². The lowest BCUT2D eigenvalue weighted by atomic mass is 10.1. The van der Waals surface area contributed by atoms with Crippen LogP contribution < -0.4 is 5.32 Å². The van der Waals surface area contributed by atoms with Crippen LogP contribution in [0.4, 0.5) is 5.82 Å². The SMILES string of the molecule is CC(C)n1cnc2c(NCc3cccnc3)nc(-c3ccc(C(=O)N4CCN(C)CC4)cc3)nc21. The Morgan fingerprint density at radius 1 is 1.06 bits per heavy atom. The number of benzene rings is 1. The highest BCUT2D eigenvalue weighted by Crippen LogP contribution is 2.26. The van der Waals surface area contributed by atoms with Crippen LogP contribution in [0, 0.1) is 0 Å². The van der Waals surface area contributed by atoms with E-state index >= 15 is 0 Å². The lowest BCUT2D eigenvalue weighted by Crippen LogP contribution is -2.47. The Labute approximate surface area is 204 Å². The van der Waals surface area contributed by atoms with Crippen LogP contribution in [0.25, 0.3) is 22.6 Å². The number of imidazole rings is 1. The number of fused-ring (bicyclic) bond motifs is 1. The number of hydrogen-bond acceptors (Lipinski definition) is 7. The van der Waals surface area contributed by atoms with Gasteiger partial charge >= 0.3 is 0 Å². The minimum absolute atomic E-state index is 0.0673.